The fourth-order valence-corrected chi connectivity index (χ4v) is 3.56. The van der Waals surface area contributed by atoms with E-state index in [1.54, 1.807) is 35.2 Å². The molecule has 1 aliphatic heterocycles. The molecule has 0 radical (unpaired) electrons. The Morgan fingerprint density at radius 2 is 2.00 bits per heavy atom. The molecule has 0 bridgehead atoms. The number of rotatable bonds is 4. The maximum absolute atomic E-state index is 12.5. The highest BCUT2D eigenvalue weighted by Gasteiger charge is 2.23. The molecule has 7 heteroatoms. The molecule has 142 valence electrons. The van der Waals surface area contributed by atoms with Crippen LogP contribution in [0.15, 0.2) is 53.5 Å². The molecule has 0 saturated carbocycles. The van der Waals surface area contributed by atoms with Crippen molar-refractivity contribution in [2.75, 3.05) is 16.8 Å². The van der Waals surface area contributed by atoms with Crippen molar-refractivity contribution in [3.8, 4) is 0 Å². The van der Waals surface area contributed by atoms with Gasteiger partial charge < -0.3 is 10.2 Å². The van der Waals surface area contributed by atoms with Gasteiger partial charge in [-0.05, 0) is 49.2 Å². The van der Waals surface area contributed by atoms with Crippen LogP contribution in [-0.2, 0) is 16.1 Å². The maximum Gasteiger partial charge on any atom is 0.246 e. The number of anilines is 2. The molecule has 2 aromatic carbocycles. The monoisotopic (exact) mass is 376 g/mol. The van der Waals surface area contributed by atoms with Crippen LogP contribution in [0.3, 0.4) is 0 Å². The van der Waals surface area contributed by atoms with Crippen molar-refractivity contribution in [1.29, 1.82) is 0 Å². The summed E-state index contributed by atoms with van der Waals surface area (Å²) in [5.41, 5.74) is 2.91. The lowest BCUT2D eigenvalue weighted by Gasteiger charge is -2.19. The highest BCUT2D eigenvalue weighted by atomic mass is 16.2. The van der Waals surface area contributed by atoms with Crippen LogP contribution in [-0.4, -0.2) is 28.1 Å². The van der Waals surface area contributed by atoms with Gasteiger partial charge in [0.1, 0.15) is 6.54 Å². The molecular weight excluding hydrogens is 356 g/mol. The molecule has 2 amide bonds. The summed E-state index contributed by atoms with van der Waals surface area (Å²) in [5.74, 6) is -0.109. The van der Waals surface area contributed by atoms with E-state index in [1.165, 1.54) is 10.9 Å². The van der Waals surface area contributed by atoms with Gasteiger partial charge in [0.05, 0.1) is 11.7 Å². The first-order valence-corrected chi connectivity index (χ1v) is 9.19. The molecule has 1 aliphatic rings. The van der Waals surface area contributed by atoms with Gasteiger partial charge >= 0.3 is 0 Å². The highest BCUT2D eigenvalue weighted by molar-refractivity contribution is 5.97. The molecular formula is C21H20N4O3. The third-order valence-corrected chi connectivity index (χ3v) is 4.90. The summed E-state index contributed by atoms with van der Waals surface area (Å²) in [5, 5.41) is 7.47. The number of benzene rings is 2. The topological polar surface area (TPSA) is 84.3 Å². The Labute approximate surface area is 161 Å². The van der Waals surface area contributed by atoms with E-state index in [9.17, 15) is 14.4 Å². The fourth-order valence-electron chi connectivity index (χ4n) is 3.56. The van der Waals surface area contributed by atoms with Crippen LogP contribution in [0.1, 0.15) is 18.4 Å². The van der Waals surface area contributed by atoms with Crippen LogP contribution in [0.4, 0.5) is 11.4 Å². The average Bonchev–Trinajstić information content (AvgIpc) is 3.10. The van der Waals surface area contributed by atoms with Gasteiger partial charge in [-0.3, -0.25) is 19.1 Å². The van der Waals surface area contributed by atoms with Crippen molar-refractivity contribution >= 4 is 34.1 Å². The van der Waals surface area contributed by atoms with Crippen LogP contribution in [0, 0.1) is 6.92 Å². The Morgan fingerprint density at radius 3 is 2.75 bits per heavy atom. The van der Waals surface area contributed by atoms with Gasteiger partial charge in [-0.25, -0.2) is 0 Å². The van der Waals surface area contributed by atoms with E-state index in [-0.39, 0.29) is 23.8 Å². The van der Waals surface area contributed by atoms with E-state index in [0.717, 1.165) is 24.2 Å². The third kappa shape index (κ3) is 3.38. The average molecular weight is 376 g/mol. The van der Waals surface area contributed by atoms with Gasteiger partial charge in [-0.15, -0.1) is 0 Å². The molecule has 3 aromatic rings. The first kappa shape index (κ1) is 17.9. The minimum Gasteiger partial charge on any atom is -0.324 e. The molecule has 0 unspecified atom stereocenters. The van der Waals surface area contributed by atoms with Crippen molar-refractivity contribution in [2.45, 2.75) is 26.3 Å². The predicted octanol–water partition coefficient (Wildman–Crippen LogP) is 2.47. The molecule has 1 saturated heterocycles. The number of nitrogens with one attached hydrogen (secondary N) is 1. The maximum atomic E-state index is 12.5. The molecule has 7 nitrogen and oxygen atoms in total. The van der Waals surface area contributed by atoms with Crippen LogP contribution in [0.5, 0.6) is 0 Å². The summed E-state index contributed by atoms with van der Waals surface area (Å²) in [7, 11) is 0. The van der Waals surface area contributed by atoms with E-state index in [0.29, 0.717) is 23.0 Å². The number of carbonyl (C=O) groups is 2. The predicted molar refractivity (Wildman–Crippen MR) is 107 cm³/mol. The van der Waals surface area contributed by atoms with Gasteiger partial charge in [0.25, 0.3) is 0 Å². The zero-order valence-corrected chi connectivity index (χ0v) is 15.5. The minimum atomic E-state index is -0.245. The normalized spacial score (nSPS) is 13.9. The van der Waals surface area contributed by atoms with Crippen molar-refractivity contribution in [2.24, 2.45) is 0 Å². The Hall–Kier alpha value is -3.48. The van der Waals surface area contributed by atoms with Crippen molar-refractivity contribution in [3.63, 3.8) is 0 Å². The van der Waals surface area contributed by atoms with Gasteiger partial charge in [-0.2, -0.15) is 5.10 Å². The summed E-state index contributed by atoms with van der Waals surface area (Å²) in [4.78, 5) is 38.1. The van der Waals surface area contributed by atoms with Crippen LogP contribution in [0.25, 0.3) is 10.9 Å². The first-order chi connectivity index (χ1) is 13.5. The molecule has 0 atom stereocenters. The first-order valence-electron chi connectivity index (χ1n) is 9.19. The number of carbonyl (C=O) groups excluding carboxylic acids is 2. The molecule has 4 rings (SSSR count). The van der Waals surface area contributed by atoms with Gasteiger partial charge in [0, 0.05) is 29.7 Å². The standard InChI is InChI=1S/C21H20N4O3/c1-14-11-15(8-9-17(14)24-10-4-7-21(24)28)23-20(27)13-25-18-6-3-2-5-16(18)19(26)12-22-25/h2-3,5-6,8-9,11-12H,4,7,10,13H2,1H3,(H,23,27). The number of fused-ring (bicyclic) bond motifs is 1. The molecule has 1 N–H and O–H groups in total. The Balaban J connectivity index is 1.52. The second-order valence-electron chi connectivity index (χ2n) is 6.88. The number of aryl methyl sites for hydroxylation is 1. The second-order valence-corrected chi connectivity index (χ2v) is 6.88. The van der Waals surface area contributed by atoms with Gasteiger partial charge in [0.2, 0.25) is 17.2 Å². The van der Waals surface area contributed by atoms with E-state index in [1.807, 2.05) is 19.1 Å². The molecule has 28 heavy (non-hydrogen) atoms. The zero-order valence-electron chi connectivity index (χ0n) is 15.5. The number of aromatic nitrogens is 2. The van der Waals surface area contributed by atoms with Crippen LogP contribution in [0.2, 0.25) is 0 Å². The number of para-hydroxylation sites is 1. The van der Waals surface area contributed by atoms with Crippen molar-refractivity contribution < 1.29 is 9.59 Å². The molecule has 2 heterocycles. The SMILES string of the molecule is Cc1cc(NC(=O)Cn2ncc(=O)c3ccccc32)ccc1N1CCCC1=O. The largest absolute Gasteiger partial charge is 0.324 e. The Bertz CT molecular complexity index is 1140. The smallest absolute Gasteiger partial charge is 0.246 e. The summed E-state index contributed by atoms with van der Waals surface area (Å²) in [6.07, 6.45) is 2.68. The lowest BCUT2D eigenvalue weighted by molar-refractivity contribution is -0.117. The Kier molecular flexibility index (Phi) is 4.65. The lowest BCUT2D eigenvalue weighted by atomic mass is 10.1. The quantitative estimate of drug-likeness (QED) is 0.758. The van der Waals surface area contributed by atoms with Crippen molar-refractivity contribution in [3.05, 3.63) is 64.4 Å². The van der Waals surface area contributed by atoms with E-state index in [4.69, 9.17) is 0 Å². The van der Waals surface area contributed by atoms with E-state index in [2.05, 4.69) is 10.4 Å². The highest BCUT2D eigenvalue weighted by Crippen LogP contribution is 2.27. The van der Waals surface area contributed by atoms with Gasteiger partial charge in [0.15, 0.2) is 0 Å². The molecule has 0 aliphatic carbocycles. The Morgan fingerprint density at radius 1 is 1.18 bits per heavy atom. The zero-order chi connectivity index (χ0) is 19.7. The molecule has 1 aromatic heterocycles. The van der Waals surface area contributed by atoms with Gasteiger partial charge in [-0.1, -0.05) is 12.1 Å². The summed E-state index contributed by atoms with van der Waals surface area (Å²) < 4.78 is 1.51. The lowest BCUT2D eigenvalue weighted by Crippen LogP contribution is -2.25. The van der Waals surface area contributed by atoms with E-state index < -0.39 is 0 Å². The third-order valence-electron chi connectivity index (χ3n) is 4.90. The van der Waals surface area contributed by atoms with Crippen LogP contribution >= 0.6 is 0 Å². The number of amides is 2. The molecule has 0 spiro atoms. The number of hydrogen-bond donors (Lipinski definition) is 1. The fraction of sp³-hybridized carbons (Fsp3) is 0.238. The summed E-state index contributed by atoms with van der Waals surface area (Å²) >= 11 is 0. The second kappa shape index (κ2) is 7.26. The summed E-state index contributed by atoms with van der Waals surface area (Å²) in [6.45, 7) is 2.65. The van der Waals surface area contributed by atoms with Crippen LogP contribution < -0.4 is 15.6 Å². The number of hydrogen-bond acceptors (Lipinski definition) is 4. The summed E-state index contributed by atoms with van der Waals surface area (Å²) in [6, 6.07) is 12.6. The minimum absolute atomic E-state index is 0.00773. The van der Waals surface area contributed by atoms with E-state index >= 15 is 0 Å². The number of nitrogens with zero attached hydrogens (tertiary/aromatic N) is 3. The van der Waals surface area contributed by atoms with Crippen molar-refractivity contribution in [1.82, 2.24) is 9.78 Å². The molecule has 1 fully saturated rings.